The van der Waals surface area contributed by atoms with Gasteiger partial charge in [0.05, 0.1) is 5.56 Å². The zero-order chi connectivity index (χ0) is 18.4. The number of halogens is 4. The second-order valence-electron chi connectivity index (χ2n) is 6.15. The highest BCUT2D eigenvalue weighted by Crippen LogP contribution is 2.30. The molecule has 0 aromatic heterocycles. The van der Waals surface area contributed by atoms with Gasteiger partial charge < -0.3 is 9.64 Å². The SMILES string of the molecule is CN(C)CCCc1cc(Cl)ccc1OCc1cccc(C(F)(F)F)c1. The Kier molecular flexibility index (Phi) is 6.73. The van der Waals surface area contributed by atoms with E-state index in [2.05, 4.69) is 4.90 Å². The van der Waals surface area contributed by atoms with Gasteiger partial charge in [-0.25, -0.2) is 0 Å². The van der Waals surface area contributed by atoms with E-state index >= 15 is 0 Å². The molecule has 2 rings (SSSR count). The number of ether oxygens (including phenoxy) is 1. The Morgan fingerprint density at radius 2 is 1.84 bits per heavy atom. The summed E-state index contributed by atoms with van der Waals surface area (Å²) < 4.78 is 44.1. The van der Waals surface area contributed by atoms with Crippen molar-refractivity contribution in [3.05, 3.63) is 64.2 Å². The summed E-state index contributed by atoms with van der Waals surface area (Å²) in [5.74, 6) is 0.653. The van der Waals surface area contributed by atoms with E-state index in [1.54, 1.807) is 18.2 Å². The van der Waals surface area contributed by atoms with Crippen LogP contribution in [0.15, 0.2) is 42.5 Å². The van der Waals surface area contributed by atoms with Gasteiger partial charge in [-0.1, -0.05) is 23.7 Å². The highest BCUT2D eigenvalue weighted by atomic mass is 35.5. The molecule has 136 valence electrons. The van der Waals surface area contributed by atoms with Gasteiger partial charge in [0.25, 0.3) is 0 Å². The first kappa shape index (κ1) is 19.6. The Balaban J connectivity index is 2.07. The lowest BCUT2D eigenvalue weighted by atomic mass is 10.1. The van der Waals surface area contributed by atoms with Crippen molar-refractivity contribution in [2.24, 2.45) is 0 Å². The van der Waals surface area contributed by atoms with Crippen molar-refractivity contribution in [2.45, 2.75) is 25.6 Å². The van der Waals surface area contributed by atoms with E-state index in [1.807, 2.05) is 20.2 Å². The molecule has 0 fully saturated rings. The predicted octanol–water partition coefficient (Wildman–Crippen LogP) is 5.43. The fourth-order valence-electron chi connectivity index (χ4n) is 2.47. The second kappa shape index (κ2) is 8.59. The zero-order valence-electron chi connectivity index (χ0n) is 14.2. The lowest BCUT2D eigenvalue weighted by molar-refractivity contribution is -0.137. The van der Waals surface area contributed by atoms with Crippen LogP contribution in [0, 0.1) is 0 Å². The minimum absolute atomic E-state index is 0.0756. The Morgan fingerprint density at radius 1 is 1.08 bits per heavy atom. The standard InChI is InChI=1S/C19H21ClF3NO/c1-24(2)10-4-6-15-12-17(20)8-9-18(15)25-13-14-5-3-7-16(11-14)19(21,22)23/h3,5,7-9,11-12H,4,6,10,13H2,1-2H3. The number of nitrogens with zero attached hydrogens (tertiary/aromatic N) is 1. The van der Waals surface area contributed by atoms with Gasteiger partial charge in [-0.3, -0.25) is 0 Å². The highest BCUT2D eigenvalue weighted by Gasteiger charge is 2.30. The van der Waals surface area contributed by atoms with Gasteiger partial charge in [-0.15, -0.1) is 0 Å². The molecule has 2 aromatic rings. The molecule has 0 aliphatic carbocycles. The van der Waals surface area contributed by atoms with Gasteiger partial charge >= 0.3 is 6.18 Å². The van der Waals surface area contributed by atoms with Crippen LogP contribution in [0.2, 0.25) is 5.02 Å². The molecular weight excluding hydrogens is 351 g/mol. The fourth-order valence-corrected chi connectivity index (χ4v) is 2.66. The maximum atomic E-state index is 12.8. The summed E-state index contributed by atoms with van der Waals surface area (Å²) in [6.07, 6.45) is -2.63. The summed E-state index contributed by atoms with van der Waals surface area (Å²) in [7, 11) is 4.01. The average Bonchev–Trinajstić information content (AvgIpc) is 2.53. The molecule has 0 heterocycles. The van der Waals surface area contributed by atoms with E-state index in [9.17, 15) is 13.2 Å². The molecule has 0 spiro atoms. The first-order chi connectivity index (χ1) is 11.8. The molecule has 0 aliphatic rings. The van der Waals surface area contributed by atoms with Crippen LogP contribution in [0.5, 0.6) is 5.75 Å². The summed E-state index contributed by atoms with van der Waals surface area (Å²) in [5, 5.41) is 0.617. The molecule has 0 saturated carbocycles. The van der Waals surface area contributed by atoms with E-state index in [0.29, 0.717) is 16.3 Å². The van der Waals surface area contributed by atoms with Crippen molar-refractivity contribution < 1.29 is 17.9 Å². The third-order valence-corrected chi connectivity index (χ3v) is 3.96. The second-order valence-corrected chi connectivity index (χ2v) is 6.58. The van der Waals surface area contributed by atoms with E-state index < -0.39 is 11.7 Å². The molecule has 0 bridgehead atoms. The number of alkyl halides is 3. The molecule has 0 amide bonds. The number of aryl methyl sites for hydroxylation is 1. The van der Waals surface area contributed by atoms with E-state index in [4.69, 9.17) is 16.3 Å². The third-order valence-electron chi connectivity index (χ3n) is 3.72. The van der Waals surface area contributed by atoms with Crippen LogP contribution < -0.4 is 4.74 Å². The van der Waals surface area contributed by atoms with Crippen LogP contribution in [0.4, 0.5) is 13.2 Å². The van der Waals surface area contributed by atoms with Gasteiger partial charge in [0.15, 0.2) is 0 Å². The minimum atomic E-state index is -4.35. The topological polar surface area (TPSA) is 12.5 Å². The van der Waals surface area contributed by atoms with Gasteiger partial charge in [0.2, 0.25) is 0 Å². The van der Waals surface area contributed by atoms with Crippen LogP contribution in [0.25, 0.3) is 0 Å². The molecule has 0 N–H and O–H groups in total. The molecule has 2 nitrogen and oxygen atoms in total. The highest BCUT2D eigenvalue weighted by molar-refractivity contribution is 6.30. The van der Waals surface area contributed by atoms with Crippen molar-refractivity contribution in [3.8, 4) is 5.75 Å². The monoisotopic (exact) mass is 371 g/mol. The fraction of sp³-hybridized carbons (Fsp3) is 0.368. The summed E-state index contributed by atoms with van der Waals surface area (Å²) in [6, 6.07) is 10.5. The summed E-state index contributed by atoms with van der Waals surface area (Å²) in [5.41, 5.74) is 0.765. The van der Waals surface area contributed by atoms with Crippen LogP contribution >= 0.6 is 11.6 Å². The number of hydrogen-bond donors (Lipinski definition) is 0. The van der Waals surface area contributed by atoms with Crippen LogP contribution in [0.3, 0.4) is 0 Å². The van der Waals surface area contributed by atoms with Crippen LogP contribution in [-0.4, -0.2) is 25.5 Å². The quantitative estimate of drug-likeness (QED) is 0.643. The molecular formula is C19H21ClF3NO. The zero-order valence-corrected chi connectivity index (χ0v) is 15.0. The Labute approximate surface area is 151 Å². The Hall–Kier alpha value is -1.72. The smallest absolute Gasteiger partial charge is 0.416 e. The molecule has 0 saturated heterocycles. The summed E-state index contributed by atoms with van der Waals surface area (Å²) >= 11 is 6.06. The van der Waals surface area contributed by atoms with Gasteiger partial charge in [0.1, 0.15) is 12.4 Å². The lowest BCUT2D eigenvalue weighted by Gasteiger charge is -2.14. The van der Waals surface area contributed by atoms with Crippen LogP contribution in [-0.2, 0) is 19.2 Å². The summed E-state index contributed by atoms with van der Waals surface area (Å²) in [4.78, 5) is 2.09. The number of hydrogen-bond acceptors (Lipinski definition) is 2. The third kappa shape index (κ3) is 6.25. The van der Waals surface area contributed by atoms with E-state index in [0.717, 1.165) is 37.1 Å². The number of benzene rings is 2. The van der Waals surface area contributed by atoms with Crippen molar-refractivity contribution >= 4 is 11.6 Å². The predicted molar refractivity (Wildman–Crippen MR) is 94.1 cm³/mol. The first-order valence-electron chi connectivity index (χ1n) is 7.98. The summed E-state index contributed by atoms with van der Waals surface area (Å²) in [6.45, 7) is 1.01. The molecule has 0 atom stereocenters. The van der Waals surface area contributed by atoms with Gasteiger partial charge in [-0.2, -0.15) is 13.2 Å². The van der Waals surface area contributed by atoms with Crippen molar-refractivity contribution in [1.82, 2.24) is 4.90 Å². The lowest BCUT2D eigenvalue weighted by Crippen LogP contribution is -2.13. The van der Waals surface area contributed by atoms with Crippen molar-refractivity contribution in [2.75, 3.05) is 20.6 Å². The minimum Gasteiger partial charge on any atom is -0.489 e. The van der Waals surface area contributed by atoms with Gasteiger partial charge in [0, 0.05) is 5.02 Å². The van der Waals surface area contributed by atoms with E-state index in [-0.39, 0.29) is 6.61 Å². The first-order valence-corrected chi connectivity index (χ1v) is 8.35. The molecule has 0 radical (unpaired) electrons. The average molecular weight is 372 g/mol. The molecule has 0 aliphatic heterocycles. The molecule has 0 unspecified atom stereocenters. The normalized spacial score (nSPS) is 11.8. The maximum Gasteiger partial charge on any atom is 0.416 e. The molecule has 25 heavy (non-hydrogen) atoms. The van der Waals surface area contributed by atoms with Crippen LogP contribution in [0.1, 0.15) is 23.1 Å². The largest absolute Gasteiger partial charge is 0.489 e. The van der Waals surface area contributed by atoms with Crippen molar-refractivity contribution in [3.63, 3.8) is 0 Å². The molecule has 6 heteroatoms. The van der Waals surface area contributed by atoms with Gasteiger partial charge in [-0.05, 0) is 74.9 Å². The van der Waals surface area contributed by atoms with Crippen molar-refractivity contribution in [1.29, 1.82) is 0 Å². The Morgan fingerprint density at radius 3 is 2.52 bits per heavy atom. The Bertz CT molecular complexity index is 701. The number of rotatable bonds is 7. The maximum absolute atomic E-state index is 12.8. The molecule has 2 aromatic carbocycles. The van der Waals surface area contributed by atoms with E-state index in [1.165, 1.54) is 6.07 Å².